The number of Topliss-reactive ketones (excluding diaryl/α,β-unsaturated/α-hetero) is 1. The Kier molecular flexibility index (Phi) is 6.01. The number of nitro benzene ring substituents is 1. The Hall–Kier alpha value is -4.66. The number of carbonyl (C=O) groups is 2. The molecule has 172 valence electrons. The minimum absolute atomic E-state index is 0.125. The number of hydrogen-bond donors (Lipinski definition) is 1. The fourth-order valence-electron chi connectivity index (χ4n) is 3.84. The Morgan fingerprint density at radius 1 is 0.882 bits per heavy atom. The van der Waals surface area contributed by atoms with E-state index >= 15 is 0 Å². The molecule has 0 radical (unpaired) electrons. The molecule has 0 aromatic heterocycles. The lowest BCUT2D eigenvalue weighted by atomic mass is 9.95. The third-order valence-corrected chi connectivity index (χ3v) is 5.58. The van der Waals surface area contributed by atoms with Crippen LogP contribution in [0.25, 0.3) is 5.76 Å². The van der Waals surface area contributed by atoms with Crippen LogP contribution in [-0.2, 0) is 9.59 Å². The van der Waals surface area contributed by atoms with Crippen LogP contribution in [0.5, 0.6) is 11.5 Å². The standard InChI is InChI=1S/C25H20N2O7/c1-33-19-11-5-16(6-12-19)23(28)21-22(15-3-7-18(8-4-15)27(31)32)26(25(30)24(21)29)17-9-13-20(34-2)14-10-17/h3-14,22,28H,1-2H3. The summed E-state index contributed by atoms with van der Waals surface area (Å²) >= 11 is 0. The molecular formula is C25H20N2O7. The van der Waals surface area contributed by atoms with Gasteiger partial charge in [-0.1, -0.05) is 0 Å². The van der Waals surface area contributed by atoms with Crippen LogP contribution >= 0.6 is 0 Å². The lowest BCUT2D eigenvalue weighted by Gasteiger charge is -2.25. The van der Waals surface area contributed by atoms with Crippen LogP contribution in [0.15, 0.2) is 78.4 Å². The molecule has 1 saturated heterocycles. The molecule has 4 rings (SSSR count). The van der Waals surface area contributed by atoms with Crippen molar-refractivity contribution in [2.75, 3.05) is 19.1 Å². The third kappa shape index (κ3) is 3.95. The van der Waals surface area contributed by atoms with Crippen molar-refractivity contribution < 1.29 is 29.1 Å². The number of benzene rings is 3. The van der Waals surface area contributed by atoms with Crippen LogP contribution in [0, 0.1) is 10.1 Å². The minimum Gasteiger partial charge on any atom is -0.507 e. The topological polar surface area (TPSA) is 119 Å². The molecule has 9 nitrogen and oxygen atoms in total. The van der Waals surface area contributed by atoms with Crippen LogP contribution in [0.4, 0.5) is 11.4 Å². The molecule has 1 fully saturated rings. The molecule has 9 heteroatoms. The quantitative estimate of drug-likeness (QED) is 0.192. The van der Waals surface area contributed by atoms with Crippen LogP contribution in [0.3, 0.4) is 0 Å². The van der Waals surface area contributed by atoms with Crippen LogP contribution in [-0.4, -0.2) is 35.9 Å². The predicted octanol–water partition coefficient (Wildman–Crippen LogP) is 4.24. The largest absolute Gasteiger partial charge is 0.507 e. The lowest BCUT2D eigenvalue weighted by molar-refractivity contribution is -0.384. The van der Waals surface area contributed by atoms with Crippen molar-refractivity contribution in [3.05, 3.63) is 99.6 Å². The van der Waals surface area contributed by atoms with Crippen molar-refractivity contribution in [3.8, 4) is 11.5 Å². The summed E-state index contributed by atoms with van der Waals surface area (Å²) in [5.74, 6) is -0.941. The van der Waals surface area contributed by atoms with E-state index in [0.717, 1.165) is 0 Å². The van der Waals surface area contributed by atoms with E-state index in [4.69, 9.17) is 9.47 Å². The highest BCUT2D eigenvalue weighted by Gasteiger charge is 2.47. The smallest absolute Gasteiger partial charge is 0.300 e. The van der Waals surface area contributed by atoms with Gasteiger partial charge < -0.3 is 14.6 Å². The summed E-state index contributed by atoms with van der Waals surface area (Å²) in [4.78, 5) is 38.1. The predicted molar refractivity (Wildman–Crippen MR) is 124 cm³/mol. The number of non-ortho nitro benzene ring substituents is 1. The number of nitrogens with zero attached hydrogens (tertiary/aromatic N) is 2. The van der Waals surface area contributed by atoms with E-state index in [1.165, 1.54) is 43.4 Å². The van der Waals surface area contributed by atoms with Gasteiger partial charge in [0.1, 0.15) is 17.3 Å². The van der Waals surface area contributed by atoms with Gasteiger partial charge in [0.05, 0.1) is 30.8 Å². The molecule has 0 spiro atoms. The summed E-state index contributed by atoms with van der Waals surface area (Å²) in [5, 5.41) is 22.2. The summed E-state index contributed by atoms with van der Waals surface area (Å²) in [6, 6.07) is 17.4. The van der Waals surface area contributed by atoms with Crippen molar-refractivity contribution in [2.45, 2.75) is 6.04 Å². The van der Waals surface area contributed by atoms with E-state index in [9.17, 15) is 24.8 Å². The van der Waals surface area contributed by atoms with Crippen LogP contribution in [0.2, 0.25) is 0 Å². The van der Waals surface area contributed by atoms with Crippen molar-refractivity contribution in [3.63, 3.8) is 0 Å². The van der Waals surface area contributed by atoms with Gasteiger partial charge in [-0.25, -0.2) is 0 Å². The summed E-state index contributed by atoms with van der Waals surface area (Å²) in [6.45, 7) is 0. The fraction of sp³-hybridized carbons (Fsp3) is 0.120. The zero-order chi connectivity index (χ0) is 24.4. The Bertz CT molecular complexity index is 1280. The van der Waals surface area contributed by atoms with Crippen molar-refractivity contribution in [1.82, 2.24) is 0 Å². The second kappa shape index (κ2) is 9.07. The maximum absolute atomic E-state index is 13.1. The number of ketones is 1. The molecule has 1 N–H and O–H groups in total. The van der Waals surface area contributed by atoms with E-state index in [0.29, 0.717) is 28.3 Å². The van der Waals surface area contributed by atoms with E-state index in [2.05, 4.69) is 0 Å². The second-order valence-electron chi connectivity index (χ2n) is 7.44. The van der Waals surface area contributed by atoms with E-state index in [1.807, 2.05) is 0 Å². The SMILES string of the molecule is COc1ccc(C(O)=C2C(=O)C(=O)N(c3ccc(OC)cc3)C2c2ccc([N+](=O)[O-])cc2)cc1. The van der Waals surface area contributed by atoms with Gasteiger partial charge in [-0.15, -0.1) is 0 Å². The molecule has 1 aliphatic rings. The lowest BCUT2D eigenvalue weighted by Crippen LogP contribution is -2.29. The number of amides is 1. The zero-order valence-corrected chi connectivity index (χ0v) is 18.3. The highest BCUT2D eigenvalue weighted by atomic mass is 16.6. The number of hydrogen-bond acceptors (Lipinski definition) is 7. The number of methoxy groups -OCH3 is 2. The molecule has 1 heterocycles. The fourth-order valence-corrected chi connectivity index (χ4v) is 3.84. The van der Waals surface area contributed by atoms with Gasteiger partial charge >= 0.3 is 0 Å². The first-order chi connectivity index (χ1) is 16.3. The average molecular weight is 460 g/mol. The molecular weight excluding hydrogens is 440 g/mol. The molecule has 3 aromatic carbocycles. The van der Waals surface area contributed by atoms with E-state index in [-0.39, 0.29) is 17.0 Å². The normalized spacial score (nSPS) is 17.0. The Labute approximate surface area is 194 Å². The van der Waals surface area contributed by atoms with Crippen molar-refractivity contribution in [1.29, 1.82) is 0 Å². The number of ether oxygens (including phenoxy) is 2. The highest BCUT2D eigenvalue weighted by molar-refractivity contribution is 6.51. The molecule has 0 bridgehead atoms. The number of nitro groups is 1. The third-order valence-electron chi connectivity index (χ3n) is 5.58. The van der Waals surface area contributed by atoms with Gasteiger partial charge in [-0.05, 0) is 66.2 Å². The van der Waals surface area contributed by atoms with Gasteiger partial charge in [0.2, 0.25) is 0 Å². The van der Waals surface area contributed by atoms with E-state index in [1.54, 1.807) is 48.5 Å². The molecule has 0 aliphatic carbocycles. The summed E-state index contributed by atoms with van der Waals surface area (Å²) in [5.41, 5.74) is 0.885. The molecule has 1 unspecified atom stereocenters. The number of aliphatic hydroxyl groups is 1. The van der Waals surface area contributed by atoms with Gasteiger partial charge in [0, 0.05) is 23.4 Å². The number of aliphatic hydroxyl groups excluding tert-OH is 1. The first-order valence-corrected chi connectivity index (χ1v) is 10.2. The Morgan fingerprint density at radius 2 is 1.41 bits per heavy atom. The first kappa shape index (κ1) is 22.5. The number of rotatable bonds is 6. The summed E-state index contributed by atoms with van der Waals surface area (Å²) < 4.78 is 10.3. The molecule has 34 heavy (non-hydrogen) atoms. The first-order valence-electron chi connectivity index (χ1n) is 10.2. The van der Waals surface area contributed by atoms with Crippen molar-refractivity contribution in [2.24, 2.45) is 0 Å². The monoisotopic (exact) mass is 460 g/mol. The van der Waals surface area contributed by atoms with Crippen molar-refractivity contribution >= 4 is 28.8 Å². The Balaban J connectivity index is 1.89. The van der Waals surface area contributed by atoms with Gasteiger partial charge in [0.15, 0.2) is 0 Å². The van der Waals surface area contributed by atoms with Gasteiger partial charge in [0.25, 0.3) is 17.4 Å². The Morgan fingerprint density at radius 3 is 1.91 bits per heavy atom. The van der Waals surface area contributed by atoms with Gasteiger partial charge in [-0.3, -0.25) is 24.6 Å². The van der Waals surface area contributed by atoms with Crippen LogP contribution < -0.4 is 14.4 Å². The maximum Gasteiger partial charge on any atom is 0.300 e. The average Bonchev–Trinajstić information content (AvgIpc) is 3.14. The number of carbonyl (C=O) groups excluding carboxylic acids is 2. The van der Waals surface area contributed by atoms with Gasteiger partial charge in [-0.2, -0.15) is 0 Å². The number of anilines is 1. The van der Waals surface area contributed by atoms with E-state index < -0.39 is 22.7 Å². The molecule has 1 aliphatic heterocycles. The second-order valence-corrected chi connectivity index (χ2v) is 7.44. The maximum atomic E-state index is 13.1. The minimum atomic E-state index is -1.00. The zero-order valence-electron chi connectivity index (χ0n) is 18.3. The summed E-state index contributed by atoms with van der Waals surface area (Å²) in [7, 11) is 3.01. The molecule has 1 atom stereocenters. The molecule has 1 amide bonds. The van der Waals surface area contributed by atoms with Crippen LogP contribution in [0.1, 0.15) is 17.2 Å². The molecule has 3 aromatic rings. The highest BCUT2D eigenvalue weighted by Crippen LogP contribution is 2.42. The summed E-state index contributed by atoms with van der Waals surface area (Å²) in [6.07, 6.45) is 0. The molecule has 0 saturated carbocycles.